The van der Waals surface area contributed by atoms with Gasteiger partial charge in [0, 0.05) is 12.4 Å². The zero-order valence-corrected chi connectivity index (χ0v) is 20.3. The summed E-state index contributed by atoms with van der Waals surface area (Å²) in [6, 6.07) is 4.84. The quantitative estimate of drug-likeness (QED) is 0.484. The molecule has 176 valence electrons. The number of nitrogens with one attached hydrogen (secondary N) is 1. The number of aromatic nitrogens is 2. The van der Waals surface area contributed by atoms with E-state index in [1.807, 2.05) is 20.8 Å². The van der Waals surface area contributed by atoms with Crippen LogP contribution in [0.15, 0.2) is 36.0 Å². The number of aryl methyl sites for hydroxylation is 2. The van der Waals surface area contributed by atoms with E-state index in [-0.39, 0.29) is 0 Å². The number of nitriles is 1. The third kappa shape index (κ3) is 8.08. The molecule has 0 saturated carbocycles. The molecule has 0 saturated heterocycles. The highest BCUT2D eigenvalue weighted by atomic mass is 32.2. The third-order valence-corrected chi connectivity index (χ3v) is 5.19. The van der Waals surface area contributed by atoms with Crippen molar-refractivity contribution in [1.29, 1.82) is 10.0 Å². The molecule has 32 heavy (non-hydrogen) atoms. The molecule has 2 heterocycles. The van der Waals surface area contributed by atoms with E-state index in [0.29, 0.717) is 28.1 Å². The molecule has 0 fully saturated rings. The molecule has 9 heteroatoms. The van der Waals surface area contributed by atoms with E-state index in [4.69, 9.17) is 10.0 Å². The van der Waals surface area contributed by atoms with Crippen molar-refractivity contribution in [1.82, 2.24) is 9.97 Å². The summed E-state index contributed by atoms with van der Waals surface area (Å²) in [5.74, 6) is 0. The number of alkyl halides is 3. The molecule has 2 aromatic rings. The molecule has 0 radical (unpaired) electrons. The predicted octanol–water partition coefficient (Wildman–Crippen LogP) is 7.13. The first-order valence-electron chi connectivity index (χ1n) is 9.98. The molecular formula is C23H30F3N4OS-. The second-order valence-corrected chi connectivity index (χ2v) is 8.16. The van der Waals surface area contributed by atoms with Gasteiger partial charge in [-0.1, -0.05) is 38.3 Å². The topological polar surface area (TPSA) is 90.5 Å². The number of hydrogen-bond donors (Lipinski definition) is 1. The maximum absolute atomic E-state index is 12.0. The average molecular weight is 468 g/mol. The van der Waals surface area contributed by atoms with Crippen LogP contribution in [-0.4, -0.2) is 9.97 Å². The summed E-state index contributed by atoms with van der Waals surface area (Å²) in [4.78, 5) is 7.83. The molecule has 0 aliphatic heterocycles. The zero-order valence-electron chi connectivity index (χ0n) is 19.5. The van der Waals surface area contributed by atoms with Crippen LogP contribution in [0, 0.1) is 30.0 Å². The summed E-state index contributed by atoms with van der Waals surface area (Å²) in [5, 5.41) is 9.08. The highest BCUT2D eigenvalue weighted by molar-refractivity contribution is 7.73. The molecule has 2 rings (SSSR count). The van der Waals surface area contributed by atoms with Gasteiger partial charge in [-0.25, -0.2) is 0 Å². The van der Waals surface area contributed by atoms with Gasteiger partial charge in [-0.3, -0.25) is 9.97 Å². The monoisotopic (exact) mass is 467 g/mol. The summed E-state index contributed by atoms with van der Waals surface area (Å²) in [7, 11) is -1.89. The summed E-state index contributed by atoms with van der Waals surface area (Å²) < 4.78 is 55.0. The summed E-state index contributed by atoms with van der Waals surface area (Å²) >= 11 is 0. The zero-order chi connectivity index (χ0) is 25.3. The lowest BCUT2D eigenvalue weighted by Crippen LogP contribution is -2.15. The van der Waals surface area contributed by atoms with E-state index < -0.39 is 27.9 Å². The van der Waals surface area contributed by atoms with E-state index in [2.05, 4.69) is 22.6 Å². The Morgan fingerprint density at radius 3 is 2.12 bits per heavy atom. The third-order valence-electron chi connectivity index (χ3n) is 4.48. The van der Waals surface area contributed by atoms with Gasteiger partial charge >= 0.3 is 6.18 Å². The summed E-state index contributed by atoms with van der Waals surface area (Å²) in [6.45, 7) is 16.7. The van der Waals surface area contributed by atoms with Crippen molar-refractivity contribution in [3.8, 4) is 6.07 Å². The number of halogens is 3. The van der Waals surface area contributed by atoms with Crippen LogP contribution in [0.3, 0.4) is 0 Å². The molecule has 0 atom stereocenters. The molecule has 2 aromatic heterocycles. The van der Waals surface area contributed by atoms with Crippen molar-refractivity contribution >= 4 is 16.2 Å². The predicted molar refractivity (Wildman–Crippen MR) is 121 cm³/mol. The fraction of sp³-hybridized carbons (Fsp3) is 0.435. The summed E-state index contributed by atoms with van der Waals surface area (Å²) in [6.07, 6.45) is -0.829. The van der Waals surface area contributed by atoms with Crippen molar-refractivity contribution in [2.75, 3.05) is 0 Å². The Morgan fingerprint density at radius 2 is 1.72 bits per heavy atom. The van der Waals surface area contributed by atoms with Crippen LogP contribution in [0.5, 0.6) is 0 Å². The van der Waals surface area contributed by atoms with Crippen molar-refractivity contribution in [3.63, 3.8) is 0 Å². The Labute approximate surface area is 190 Å². The van der Waals surface area contributed by atoms with Gasteiger partial charge in [-0.2, -0.15) is 29.0 Å². The van der Waals surface area contributed by atoms with Crippen LogP contribution in [0.2, 0.25) is 0 Å². The molecule has 0 aliphatic carbocycles. The van der Waals surface area contributed by atoms with Gasteiger partial charge in [-0.15, -0.1) is 0 Å². The first-order chi connectivity index (χ1) is 14.7. The lowest BCUT2D eigenvalue weighted by atomic mass is 9.87. The van der Waals surface area contributed by atoms with Crippen LogP contribution in [0.4, 0.5) is 13.2 Å². The van der Waals surface area contributed by atoms with E-state index in [1.165, 1.54) is 6.20 Å². The lowest BCUT2D eigenvalue weighted by Gasteiger charge is -2.19. The lowest BCUT2D eigenvalue weighted by molar-refractivity contribution is -0.141. The van der Waals surface area contributed by atoms with Crippen LogP contribution < -0.4 is 0 Å². The number of hydrogen-bond acceptors (Lipinski definition) is 6. The second kappa shape index (κ2) is 12.3. The van der Waals surface area contributed by atoms with Crippen molar-refractivity contribution in [2.24, 2.45) is 0 Å². The fourth-order valence-electron chi connectivity index (χ4n) is 2.20. The molecule has 0 bridgehead atoms. The van der Waals surface area contributed by atoms with Gasteiger partial charge in [0.05, 0.1) is 17.2 Å². The molecule has 0 aliphatic rings. The van der Waals surface area contributed by atoms with Crippen LogP contribution in [0.25, 0.3) is 5.57 Å². The van der Waals surface area contributed by atoms with Gasteiger partial charge < -0.3 is 8.99 Å². The van der Waals surface area contributed by atoms with Gasteiger partial charge in [0.2, 0.25) is 0 Å². The molecule has 0 aromatic carbocycles. The van der Waals surface area contributed by atoms with Gasteiger partial charge in [0.1, 0.15) is 5.69 Å². The van der Waals surface area contributed by atoms with Crippen LogP contribution in [0.1, 0.15) is 69.1 Å². The summed E-state index contributed by atoms with van der Waals surface area (Å²) in [5.41, 5.74) is 1.74. The van der Waals surface area contributed by atoms with E-state index >= 15 is 0 Å². The minimum absolute atomic E-state index is 0.322. The molecule has 5 nitrogen and oxygen atoms in total. The van der Waals surface area contributed by atoms with E-state index in [0.717, 1.165) is 17.2 Å². The van der Waals surface area contributed by atoms with Crippen molar-refractivity contribution in [3.05, 3.63) is 59.2 Å². The Kier molecular flexibility index (Phi) is 11.3. The van der Waals surface area contributed by atoms with Crippen molar-refractivity contribution in [2.45, 2.75) is 71.4 Å². The molecule has 0 amide bonds. The van der Waals surface area contributed by atoms with Crippen LogP contribution in [-0.2, 0) is 26.4 Å². The van der Waals surface area contributed by atoms with Crippen LogP contribution >= 0.6 is 0 Å². The van der Waals surface area contributed by atoms with E-state index in [9.17, 15) is 17.4 Å². The maximum atomic E-state index is 12.0. The number of pyridine rings is 2. The Hall–Kier alpha value is -2.73. The highest BCUT2D eigenvalue weighted by Gasteiger charge is 2.32. The first kappa shape index (κ1) is 29.3. The average Bonchev–Trinajstić information content (AvgIpc) is 2.75. The Bertz CT molecular complexity index is 1040. The van der Waals surface area contributed by atoms with Gasteiger partial charge in [-0.05, 0) is 62.4 Å². The minimum atomic E-state index is -4.33. The fourth-order valence-corrected chi connectivity index (χ4v) is 2.81. The SMILES string of the molecule is C=C(CC)c1ncc(C(C)(C)C#N)cc1[S-](=N)=O.CC.Cc1cnc(C(F)(F)F)cc1C. The molecule has 0 unspecified atom stereocenters. The smallest absolute Gasteiger partial charge is 0.433 e. The van der Waals surface area contributed by atoms with Gasteiger partial charge in [0.15, 0.2) is 0 Å². The minimum Gasteiger partial charge on any atom is -0.440 e. The Morgan fingerprint density at radius 1 is 1.16 bits per heavy atom. The van der Waals surface area contributed by atoms with Gasteiger partial charge in [0.25, 0.3) is 0 Å². The highest BCUT2D eigenvalue weighted by Crippen LogP contribution is 2.28. The number of rotatable bonds is 4. The second-order valence-electron chi connectivity index (χ2n) is 7.18. The normalized spacial score (nSPS) is 10.9. The number of nitrogens with zero attached hydrogens (tertiary/aromatic N) is 3. The standard InChI is InChI=1S/C13H16N3OS.C8H8F3N.C2H6/c1-5-9(2)12-11(18(15)17)6-10(7-16-12)13(3,4)8-14;1-5-3-7(8(9,10)11)12-4-6(5)2;1-2/h6-7,15H,2,5H2,1,3-4H3;3-4H,1-2H3;1-2H3/q-1;;. The van der Waals surface area contributed by atoms with Crippen molar-refractivity contribution < 1.29 is 17.4 Å². The molecular weight excluding hydrogens is 437 g/mol. The maximum Gasteiger partial charge on any atom is 0.433 e. The Balaban J connectivity index is 0.000000595. The molecule has 0 spiro atoms. The molecule has 1 N–H and O–H groups in total. The largest absolute Gasteiger partial charge is 0.440 e. The van der Waals surface area contributed by atoms with E-state index in [1.54, 1.807) is 40.0 Å². The first-order valence-corrected chi connectivity index (χ1v) is 11.1. The number of allylic oxidation sites excluding steroid dienone is 1.